The average Bonchev–Trinajstić information content (AvgIpc) is 2.13. The maximum absolute atomic E-state index is 5.10. The van der Waals surface area contributed by atoms with E-state index < -0.39 is 0 Å². The van der Waals surface area contributed by atoms with E-state index in [1.807, 2.05) is 11.8 Å². The van der Waals surface area contributed by atoms with Gasteiger partial charge in [0, 0.05) is 30.3 Å². The van der Waals surface area contributed by atoms with Gasteiger partial charge in [-0.15, -0.1) is 0 Å². The topological polar surface area (TPSA) is 21.3 Å². The van der Waals surface area contributed by atoms with Crippen LogP contribution in [-0.4, -0.2) is 24.7 Å². The largest absolute Gasteiger partial charge is 0.381 e. The van der Waals surface area contributed by atoms with Crippen molar-refractivity contribution < 1.29 is 4.74 Å². The second kappa shape index (κ2) is 4.71. The van der Waals surface area contributed by atoms with Gasteiger partial charge in [0.2, 0.25) is 0 Å². The van der Waals surface area contributed by atoms with Crippen molar-refractivity contribution in [2.45, 2.75) is 12.6 Å². The molecule has 2 nitrogen and oxygen atoms in total. The summed E-state index contributed by atoms with van der Waals surface area (Å²) in [5.41, 5.74) is 2.44. The molecule has 2 rings (SSSR count). The van der Waals surface area contributed by atoms with Gasteiger partial charge in [0.15, 0.2) is 0 Å². The number of nitrogens with one attached hydrogen (secondary N) is 1. The lowest BCUT2D eigenvalue weighted by molar-refractivity contribution is 0.185. The quantitative estimate of drug-likeness (QED) is 0.822. The third kappa shape index (κ3) is 2.42. The lowest BCUT2D eigenvalue weighted by Gasteiger charge is -2.27. The van der Waals surface area contributed by atoms with Crippen molar-refractivity contribution in [3.05, 3.63) is 29.8 Å². The fourth-order valence-corrected chi connectivity index (χ4v) is 2.11. The molecule has 1 aromatic rings. The molecule has 3 heteroatoms. The SMILES string of the molecule is COCc1cccc(NC2CSC2)c1. The zero-order chi connectivity index (χ0) is 9.80. The third-order valence-corrected chi connectivity index (χ3v) is 3.52. The lowest BCUT2D eigenvalue weighted by Crippen LogP contribution is -2.33. The first kappa shape index (κ1) is 9.87. The van der Waals surface area contributed by atoms with E-state index in [0.29, 0.717) is 12.6 Å². The average molecular weight is 209 g/mol. The molecule has 1 aliphatic heterocycles. The highest BCUT2D eigenvalue weighted by atomic mass is 32.2. The van der Waals surface area contributed by atoms with Crippen LogP contribution >= 0.6 is 11.8 Å². The number of thioether (sulfide) groups is 1. The first-order chi connectivity index (χ1) is 6.88. The smallest absolute Gasteiger partial charge is 0.0713 e. The Bertz CT molecular complexity index is 299. The summed E-state index contributed by atoms with van der Waals surface area (Å²) in [4.78, 5) is 0. The molecule has 1 aromatic carbocycles. The Hall–Kier alpha value is -0.670. The van der Waals surface area contributed by atoms with Crippen LogP contribution in [0.5, 0.6) is 0 Å². The molecule has 0 spiro atoms. The second-order valence-corrected chi connectivity index (χ2v) is 4.59. The monoisotopic (exact) mass is 209 g/mol. The molecule has 0 bridgehead atoms. The molecule has 14 heavy (non-hydrogen) atoms. The summed E-state index contributed by atoms with van der Waals surface area (Å²) >= 11 is 1.99. The van der Waals surface area contributed by atoms with Gasteiger partial charge in [-0.3, -0.25) is 0 Å². The van der Waals surface area contributed by atoms with Crippen LogP contribution in [0.1, 0.15) is 5.56 Å². The predicted molar refractivity (Wildman–Crippen MR) is 61.9 cm³/mol. The molecule has 1 fully saturated rings. The molecule has 0 radical (unpaired) electrons. The molecule has 1 N–H and O–H groups in total. The molecule has 1 heterocycles. The molecule has 1 saturated heterocycles. The fourth-order valence-electron chi connectivity index (χ4n) is 1.47. The van der Waals surface area contributed by atoms with Crippen LogP contribution < -0.4 is 5.32 Å². The molecular weight excluding hydrogens is 194 g/mol. The van der Waals surface area contributed by atoms with E-state index >= 15 is 0 Å². The molecule has 0 aliphatic carbocycles. The van der Waals surface area contributed by atoms with E-state index in [9.17, 15) is 0 Å². The van der Waals surface area contributed by atoms with Crippen molar-refractivity contribution in [1.82, 2.24) is 0 Å². The standard InChI is InChI=1S/C11H15NOS/c1-13-6-9-3-2-4-10(5-9)12-11-7-14-8-11/h2-5,11-12H,6-8H2,1H3. The van der Waals surface area contributed by atoms with Crippen LogP contribution in [0.25, 0.3) is 0 Å². The normalized spacial score (nSPS) is 16.4. The Balaban J connectivity index is 1.97. The summed E-state index contributed by atoms with van der Waals surface area (Å²) in [7, 11) is 1.72. The van der Waals surface area contributed by atoms with E-state index in [-0.39, 0.29) is 0 Å². The minimum absolute atomic E-state index is 0.665. The van der Waals surface area contributed by atoms with Crippen molar-refractivity contribution in [2.75, 3.05) is 23.9 Å². The van der Waals surface area contributed by atoms with Gasteiger partial charge in [-0.1, -0.05) is 12.1 Å². The van der Waals surface area contributed by atoms with Gasteiger partial charge in [-0.2, -0.15) is 11.8 Å². The summed E-state index contributed by atoms with van der Waals surface area (Å²) in [6.45, 7) is 0.689. The van der Waals surface area contributed by atoms with Gasteiger partial charge in [0.25, 0.3) is 0 Å². The first-order valence-corrected chi connectivity index (χ1v) is 5.96. The highest BCUT2D eigenvalue weighted by Gasteiger charge is 2.17. The first-order valence-electron chi connectivity index (χ1n) is 4.80. The van der Waals surface area contributed by atoms with E-state index in [4.69, 9.17) is 4.74 Å². The molecule has 0 amide bonds. The summed E-state index contributed by atoms with van der Waals surface area (Å²) < 4.78 is 5.10. The van der Waals surface area contributed by atoms with E-state index in [1.165, 1.54) is 22.8 Å². The summed E-state index contributed by atoms with van der Waals surface area (Å²) in [5, 5.41) is 3.50. The van der Waals surface area contributed by atoms with Gasteiger partial charge in [-0.05, 0) is 17.7 Å². The van der Waals surface area contributed by atoms with Crippen molar-refractivity contribution in [2.24, 2.45) is 0 Å². The summed E-state index contributed by atoms with van der Waals surface area (Å²) in [5.74, 6) is 2.46. The Morgan fingerprint density at radius 3 is 3.00 bits per heavy atom. The van der Waals surface area contributed by atoms with Crippen LogP contribution in [0, 0.1) is 0 Å². The molecule has 0 aromatic heterocycles. The molecule has 0 atom stereocenters. The minimum Gasteiger partial charge on any atom is -0.381 e. The number of ether oxygens (including phenoxy) is 1. The maximum Gasteiger partial charge on any atom is 0.0713 e. The number of methoxy groups -OCH3 is 1. The summed E-state index contributed by atoms with van der Waals surface area (Å²) in [6, 6.07) is 9.10. The van der Waals surface area contributed by atoms with Crippen LogP contribution in [0.2, 0.25) is 0 Å². The Kier molecular flexibility index (Phi) is 3.32. The van der Waals surface area contributed by atoms with Crippen LogP contribution in [0.3, 0.4) is 0 Å². The fraction of sp³-hybridized carbons (Fsp3) is 0.455. The second-order valence-electron chi connectivity index (χ2n) is 3.51. The number of benzene rings is 1. The number of rotatable bonds is 4. The predicted octanol–water partition coefficient (Wildman–Crippen LogP) is 2.36. The maximum atomic E-state index is 5.10. The number of hydrogen-bond acceptors (Lipinski definition) is 3. The van der Waals surface area contributed by atoms with Crippen LogP contribution in [0.15, 0.2) is 24.3 Å². The van der Waals surface area contributed by atoms with Gasteiger partial charge in [0.05, 0.1) is 6.61 Å². The Morgan fingerprint density at radius 2 is 2.36 bits per heavy atom. The molecular formula is C11H15NOS. The molecule has 0 saturated carbocycles. The van der Waals surface area contributed by atoms with Crippen LogP contribution in [-0.2, 0) is 11.3 Å². The van der Waals surface area contributed by atoms with Crippen molar-refractivity contribution in [1.29, 1.82) is 0 Å². The number of hydrogen-bond donors (Lipinski definition) is 1. The van der Waals surface area contributed by atoms with E-state index in [1.54, 1.807) is 7.11 Å². The third-order valence-electron chi connectivity index (χ3n) is 2.25. The molecule has 1 aliphatic rings. The number of anilines is 1. The molecule has 76 valence electrons. The zero-order valence-corrected chi connectivity index (χ0v) is 9.14. The van der Waals surface area contributed by atoms with Gasteiger partial charge in [-0.25, -0.2) is 0 Å². The van der Waals surface area contributed by atoms with Crippen LogP contribution in [0.4, 0.5) is 5.69 Å². The van der Waals surface area contributed by atoms with E-state index in [0.717, 1.165) is 0 Å². The Labute approximate surface area is 89.0 Å². The van der Waals surface area contributed by atoms with Gasteiger partial charge >= 0.3 is 0 Å². The highest BCUT2D eigenvalue weighted by Crippen LogP contribution is 2.22. The molecule has 0 unspecified atom stereocenters. The van der Waals surface area contributed by atoms with Gasteiger partial charge < -0.3 is 10.1 Å². The van der Waals surface area contributed by atoms with Crippen molar-refractivity contribution >= 4 is 17.4 Å². The lowest BCUT2D eigenvalue weighted by atomic mass is 10.2. The Morgan fingerprint density at radius 1 is 1.50 bits per heavy atom. The van der Waals surface area contributed by atoms with Gasteiger partial charge in [0.1, 0.15) is 0 Å². The van der Waals surface area contributed by atoms with Crippen molar-refractivity contribution in [3.8, 4) is 0 Å². The van der Waals surface area contributed by atoms with E-state index in [2.05, 4.69) is 29.6 Å². The summed E-state index contributed by atoms with van der Waals surface area (Å²) in [6.07, 6.45) is 0. The zero-order valence-electron chi connectivity index (χ0n) is 8.32. The van der Waals surface area contributed by atoms with Crippen molar-refractivity contribution in [3.63, 3.8) is 0 Å². The minimum atomic E-state index is 0.665. The highest BCUT2D eigenvalue weighted by molar-refractivity contribution is 8.00.